The molecule has 5 heteroatoms. The number of ether oxygens (including phenoxy) is 1. The van der Waals surface area contributed by atoms with Crippen molar-refractivity contribution in [3.8, 4) is 11.8 Å². The molecule has 0 atom stereocenters. The Morgan fingerprint density at radius 1 is 1.32 bits per heavy atom. The fourth-order valence-corrected chi connectivity index (χ4v) is 2.10. The van der Waals surface area contributed by atoms with E-state index in [2.05, 4.69) is 27.3 Å². The first-order chi connectivity index (χ1) is 9.15. The zero-order valence-corrected chi connectivity index (χ0v) is 11.7. The quantitative estimate of drug-likeness (QED) is 0.921. The monoisotopic (exact) mass is 320 g/mol. The van der Waals surface area contributed by atoms with Gasteiger partial charge < -0.3 is 10.1 Å². The van der Waals surface area contributed by atoms with Crippen molar-refractivity contribution < 1.29 is 9.13 Å². The van der Waals surface area contributed by atoms with Gasteiger partial charge in [-0.2, -0.15) is 5.26 Å². The fraction of sp³-hybridized carbons (Fsp3) is 0.0714. The summed E-state index contributed by atoms with van der Waals surface area (Å²) in [4.78, 5) is 0. The van der Waals surface area contributed by atoms with E-state index in [9.17, 15) is 4.39 Å². The molecule has 0 spiro atoms. The molecule has 2 rings (SSSR count). The molecule has 0 aliphatic rings. The molecule has 96 valence electrons. The zero-order chi connectivity index (χ0) is 13.8. The van der Waals surface area contributed by atoms with Crippen molar-refractivity contribution in [1.82, 2.24) is 0 Å². The highest BCUT2D eigenvalue weighted by atomic mass is 79.9. The molecule has 3 nitrogen and oxygen atoms in total. The van der Waals surface area contributed by atoms with Crippen molar-refractivity contribution in [3.63, 3.8) is 0 Å². The highest BCUT2D eigenvalue weighted by Gasteiger charge is 2.08. The van der Waals surface area contributed by atoms with Crippen LogP contribution in [0.4, 0.5) is 15.8 Å². The number of rotatable bonds is 3. The first kappa shape index (κ1) is 13.4. The average molecular weight is 321 g/mol. The average Bonchev–Trinajstić information content (AvgIpc) is 2.39. The molecule has 0 amide bonds. The summed E-state index contributed by atoms with van der Waals surface area (Å²) in [5, 5.41) is 12.1. The minimum atomic E-state index is -0.457. The van der Waals surface area contributed by atoms with Gasteiger partial charge in [0.1, 0.15) is 6.07 Å². The second-order valence-corrected chi connectivity index (χ2v) is 4.60. The Kier molecular flexibility index (Phi) is 4.03. The summed E-state index contributed by atoms with van der Waals surface area (Å²) in [6, 6.07) is 12.0. The first-order valence-corrected chi connectivity index (χ1v) is 6.24. The standard InChI is InChI=1S/C14H10BrFN2O/c1-19-14-6-5-9(7-12(14)16)18-13-4-2-3-11(15)10(13)8-17/h2-7,18H,1H3. The lowest BCUT2D eigenvalue weighted by atomic mass is 10.2. The van der Waals surface area contributed by atoms with Crippen LogP contribution in [0.25, 0.3) is 0 Å². The molecule has 2 aromatic carbocycles. The highest BCUT2D eigenvalue weighted by molar-refractivity contribution is 9.10. The third kappa shape index (κ3) is 2.85. The van der Waals surface area contributed by atoms with Crippen molar-refractivity contribution in [3.05, 3.63) is 52.3 Å². The van der Waals surface area contributed by atoms with Gasteiger partial charge in [0.2, 0.25) is 0 Å². The Morgan fingerprint density at radius 2 is 2.11 bits per heavy atom. The first-order valence-electron chi connectivity index (χ1n) is 5.45. The van der Waals surface area contributed by atoms with E-state index in [0.29, 0.717) is 21.4 Å². The van der Waals surface area contributed by atoms with Crippen LogP contribution in [0.3, 0.4) is 0 Å². The second kappa shape index (κ2) is 5.72. The summed E-state index contributed by atoms with van der Waals surface area (Å²) in [5.41, 5.74) is 1.63. The normalized spacial score (nSPS) is 9.79. The van der Waals surface area contributed by atoms with Crippen molar-refractivity contribution in [1.29, 1.82) is 5.26 Å². The van der Waals surface area contributed by atoms with Crippen LogP contribution in [0.2, 0.25) is 0 Å². The molecule has 1 N–H and O–H groups in total. The van der Waals surface area contributed by atoms with E-state index in [-0.39, 0.29) is 5.75 Å². The maximum absolute atomic E-state index is 13.6. The minimum Gasteiger partial charge on any atom is -0.494 e. The minimum absolute atomic E-state index is 0.181. The fourth-order valence-electron chi connectivity index (χ4n) is 1.64. The van der Waals surface area contributed by atoms with Crippen LogP contribution in [-0.4, -0.2) is 7.11 Å². The molecule has 0 heterocycles. The number of nitrogens with one attached hydrogen (secondary N) is 1. The van der Waals surface area contributed by atoms with Gasteiger partial charge in [-0.3, -0.25) is 0 Å². The van der Waals surface area contributed by atoms with Gasteiger partial charge in [-0.1, -0.05) is 6.07 Å². The van der Waals surface area contributed by atoms with Gasteiger partial charge in [0.15, 0.2) is 11.6 Å². The SMILES string of the molecule is COc1ccc(Nc2cccc(Br)c2C#N)cc1F. The van der Waals surface area contributed by atoms with Crippen molar-refractivity contribution >= 4 is 27.3 Å². The molecule has 0 bridgehead atoms. The van der Waals surface area contributed by atoms with Crippen LogP contribution in [0, 0.1) is 17.1 Å². The molecule has 19 heavy (non-hydrogen) atoms. The lowest BCUT2D eigenvalue weighted by Crippen LogP contribution is -1.96. The van der Waals surface area contributed by atoms with Crippen LogP contribution in [-0.2, 0) is 0 Å². The van der Waals surface area contributed by atoms with Crippen LogP contribution in [0.15, 0.2) is 40.9 Å². The van der Waals surface area contributed by atoms with Crippen LogP contribution in [0.1, 0.15) is 5.56 Å². The molecular formula is C14H10BrFN2O. The van der Waals surface area contributed by atoms with Gasteiger partial charge in [-0.05, 0) is 40.2 Å². The summed E-state index contributed by atoms with van der Waals surface area (Å²) in [5.74, 6) is -0.277. The summed E-state index contributed by atoms with van der Waals surface area (Å²) in [6.45, 7) is 0. The van der Waals surface area contributed by atoms with Crippen LogP contribution >= 0.6 is 15.9 Å². The molecule has 0 unspecified atom stereocenters. The van der Waals surface area contributed by atoms with E-state index >= 15 is 0 Å². The van der Waals surface area contributed by atoms with Crippen LogP contribution in [0.5, 0.6) is 5.75 Å². The molecular weight excluding hydrogens is 311 g/mol. The number of halogens is 2. The Bertz CT molecular complexity index is 652. The number of hydrogen-bond donors (Lipinski definition) is 1. The lowest BCUT2D eigenvalue weighted by molar-refractivity contribution is 0.386. The highest BCUT2D eigenvalue weighted by Crippen LogP contribution is 2.28. The lowest BCUT2D eigenvalue weighted by Gasteiger charge is -2.10. The summed E-state index contributed by atoms with van der Waals surface area (Å²) in [6.07, 6.45) is 0. The largest absolute Gasteiger partial charge is 0.494 e. The number of methoxy groups -OCH3 is 1. The third-order valence-electron chi connectivity index (χ3n) is 2.56. The van der Waals surface area contributed by atoms with Crippen molar-refractivity contribution in [2.45, 2.75) is 0 Å². The van der Waals surface area contributed by atoms with Gasteiger partial charge >= 0.3 is 0 Å². The molecule has 0 fully saturated rings. The number of nitrogens with zero attached hydrogens (tertiary/aromatic N) is 1. The Hall–Kier alpha value is -2.06. The van der Waals surface area contributed by atoms with E-state index in [0.717, 1.165) is 0 Å². The van der Waals surface area contributed by atoms with Crippen LogP contribution < -0.4 is 10.1 Å². The topological polar surface area (TPSA) is 45.0 Å². The van der Waals surface area contributed by atoms with E-state index in [1.54, 1.807) is 24.3 Å². The number of anilines is 2. The van der Waals surface area contributed by atoms with Crippen molar-refractivity contribution in [2.75, 3.05) is 12.4 Å². The van der Waals surface area contributed by atoms with Gasteiger partial charge in [-0.15, -0.1) is 0 Å². The molecule has 0 saturated carbocycles. The van der Waals surface area contributed by atoms with E-state index < -0.39 is 5.82 Å². The van der Waals surface area contributed by atoms with Gasteiger partial charge in [0.25, 0.3) is 0 Å². The molecule has 0 aliphatic carbocycles. The number of benzene rings is 2. The van der Waals surface area contributed by atoms with E-state index in [1.807, 2.05) is 0 Å². The smallest absolute Gasteiger partial charge is 0.167 e. The number of hydrogen-bond acceptors (Lipinski definition) is 3. The Morgan fingerprint density at radius 3 is 2.74 bits per heavy atom. The molecule has 0 aliphatic heterocycles. The second-order valence-electron chi connectivity index (χ2n) is 3.75. The van der Waals surface area contributed by atoms with Gasteiger partial charge in [-0.25, -0.2) is 4.39 Å². The molecule has 0 radical (unpaired) electrons. The molecule has 0 aromatic heterocycles. The molecule has 2 aromatic rings. The maximum atomic E-state index is 13.6. The Labute approximate surface area is 118 Å². The van der Waals surface area contributed by atoms with Crippen molar-refractivity contribution in [2.24, 2.45) is 0 Å². The third-order valence-corrected chi connectivity index (χ3v) is 3.22. The van der Waals surface area contributed by atoms with E-state index in [4.69, 9.17) is 10.00 Å². The summed E-state index contributed by atoms with van der Waals surface area (Å²) >= 11 is 3.30. The summed E-state index contributed by atoms with van der Waals surface area (Å²) in [7, 11) is 1.41. The van der Waals surface area contributed by atoms with Gasteiger partial charge in [0, 0.05) is 16.2 Å². The zero-order valence-electron chi connectivity index (χ0n) is 10.1. The predicted octanol–water partition coefficient (Wildman–Crippen LogP) is 4.21. The van der Waals surface area contributed by atoms with Gasteiger partial charge in [0.05, 0.1) is 18.4 Å². The molecule has 0 saturated heterocycles. The maximum Gasteiger partial charge on any atom is 0.167 e. The Balaban J connectivity index is 2.34. The number of nitriles is 1. The summed E-state index contributed by atoms with van der Waals surface area (Å²) < 4.78 is 19.1. The predicted molar refractivity (Wildman–Crippen MR) is 75.1 cm³/mol. The van der Waals surface area contributed by atoms with E-state index in [1.165, 1.54) is 19.2 Å².